The molecule has 3 heteroatoms. The molecule has 0 unspecified atom stereocenters. The van der Waals surface area contributed by atoms with Crippen molar-refractivity contribution in [3.8, 4) is 6.07 Å². The highest BCUT2D eigenvalue weighted by Crippen LogP contribution is 2.32. The van der Waals surface area contributed by atoms with Gasteiger partial charge in [0.25, 0.3) is 0 Å². The first-order valence-electron chi connectivity index (χ1n) is 4.64. The SMILES string of the molecule is N#Cc1cc(F)c(Cl)c2c1CCCC2. The van der Waals surface area contributed by atoms with Crippen molar-refractivity contribution in [1.82, 2.24) is 0 Å². The van der Waals surface area contributed by atoms with Gasteiger partial charge in [0, 0.05) is 0 Å². The molecule has 2 rings (SSSR count). The number of nitrogens with zero attached hydrogens (tertiary/aromatic N) is 1. The van der Waals surface area contributed by atoms with Crippen LogP contribution >= 0.6 is 11.6 Å². The lowest BCUT2D eigenvalue weighted by Gasteiger charge is -2.18. The van der Waals surface area contributed by atoms with Crippen LogP contribution in [0, 0.1) is 17.1 Å². The lowest BCUT2D eigenvalue weighted by Crippen LogP contribution is -2.07. The van der Waals surface area contributed by atoms with Crippen LogP contribution in [0.4, 0.5) is 4.39 Å². The minimum atomic E-state index is -0.469. The second kappa shape index (κ2) is 3.59. The first-order valence-corrected chi connectivity index (χ1v) is 5.01. The normalized spacial score (nSPS) is 14.6. The van der Waals surface area contributed by atoms with E-state index in [1.807, 2.05) is 6.07 Å². The molecule has 0 aromatic heterocycles. The molecule has 0 atom stereocenters. The lowest BCUT2D eigenvalue weighted by atomic mass is 9.88. The summed E-state index contributed by atoms with van der Waals surface area (Å²) in [5.74, 6) is -0.469. The molecule has 0 spiro atoms. The van der Waals surface area contributed by atoms with Gasteiger partial charge in [-0.25, -0.2) is 4.39 Å². The average molecular weight is 210 g/mol. The summed E-state index contributed by atoms with van der Waals surface area (Å²) in [5.41, 5.74) is 2.24. The molecule has 0 saturated carbocycles. The summed E-state index contributed by atoms with van der Waals surface area (Å²) < 4.78 is 13.3. The molecule has 14 heavy (non-hydrogen) atoms. The maximum atomic E-state index is 13.3. The van der Waals surface area contributed by atoms with Gasteiger partial charge in [-0.1, -0.05) is 11.6 Å². The van der Waals surface area contributed by atoms with Gasteiger partial charge in [-0.15, -0.1) is 0 Å². The first-order chi connectivity index (χ1) is 6.74. The highest BCUT2D eigenvalue weighted by molar-refractivity contribution is 6.31. The minimum Gasteiger partial charge on any atom is -0.205 e. The molecule has 1 aliphatic rings. The maximum Gasteiger partial charge on any atom is 0.143 e. The van der Waals surface area contributed by atoms with E-state index in [1.165, 1.54) is 6.07 Å². The third-order valence-corrected chi connectivity index (χ3v) is 3.07. The molecule has 0 saturated heterocycles. The van der Waals surface area contributed by atoms with Crippen molar-refractivity contribution in [1.29, 1.82) is 5.26 Å². The van der Waals surface area contributed by atoms with Crippen molar-refractivity contribution in [3.05, 3.63) is 33.6 Å². The van der Waals surface area contributed by atoms with Gasteiger partial charge in [0.2, 0.25) is 0 Å². The lowest BCUT2D eigenvalue weighted by molar-refractivity contribution is 0.613. The second-order valence-electron chi connectivity index (χ2n) is 3.50. The number of nitriles is 1. The van der Waals surface area contributed by atoms with Gasteiger partial charge in [0.05, 0.1) is 16.7 Å². The van der Waals surface area contributed by atoms with E-state index < -0.39 is 5.82 Å². The molecule has 0 fully saturated rings. The number of hydrogen-bond donors (Lipinski definition) is 0. The fourth-order valence-electron chi connectivity index (χ4n) is 1.97. The van der Waals surface area contributed by atoms with Gasteiger partial charge >= 0.3 is 0 Å². The number of rotatable bonds is 0. The van der Waals surface area contributed by atoms with Gasteiger partial charge in [-0.3, -0.25) is 0 Å². The van der Waals surface area contributed by atoms with Crippen LogP contribution < -0.4 is 0 Å². The molecule has 1 aromatic carbocycles. The van der Waals surface area contributed by atoms with E-state index in [2.05, 4.69) is 0 Å². The van der Waals surface area contributed by atoms with Crippen LogP contribution in [-0.2, 0) is 12.8 Å². The third kappa shape index (κ3) is 1.38. The van der Waals surface area contributed by atoms with E-state index in [-0.39, 0.29) is 5.02 Å². The van der Waals surface area contributed by atoms with Gasteiger partial charge in [0.1, 0.15) is 5.82 Å². The number of benzene rings is 1. The minimum absolute atomic E-state index is 0.207. The zero-order valence-corrected chi connectivity index (χ0v) is 8.36. The third-order valence-electron chi connectivity index (χ3n) is 2.66. The topological polar surface area (TPSA) is 23.8 Å². The Bertz CT molecular complexity index is 420. The fourth-order valence-corrected chi connectivity index (χ4v) is 2.23. The Labute approximate surface area is 87.1 Å². The second-order valence-corrected chi connectivity index (χ2v) is 3.87. The zero-order valence-electron chi connectivity index (χ0n) is 7.61. The smallest absolute Gasteiger partial charge is 0.143 e. The van der Waals surface area contributed by atoms with E-state index in [0.717, 1.165) is 36.8 Å². The fraction of sp³-hybridized carbons (Fsp3) is 0.364. The predicted octanol–water partition coefficient (Wildman–Crippen LogP) is 3.23. The molecule has 1 aliphatic carbocycles. The van der Waals surface area contributed by atoms with Crippen LogP contribution in [0.2, 0.25) is 5.02 Å². The van der Waals surface area contributed by atoms with Crippen molar-refractivity contribution in [2.24, 2.45) is 0 Å². The van der Waals surface area contributed by atoms with Gasteiger partial charge in [-0.2, -0.15) is 5.26 Å². The Hall–Kier alpha value is -1.07. The zero-order chi connectivity index (χ0) is 10.1. The summed E-state index contributed by atoms with van der Waals surface area (Å²) in [6, 6.07) is 3.27. The molecule has 0 radical (unpaired) electrons. The molecular formula is C11H9ClFN. The summed E-state index contributed by atoms with van der Waals surface area (Å²) in [5, 5.41) is 9.06. The Morgan fingerprint density at radius 2 is 1.93 bits per heavy atom. The largest absolute Gasteiger partial charge is 0.205 e. The van der Waals surface area contributed by atoms with E-state index >= 15 is 0 Å². The predicted molar refractivity (Wildman–Crippen MR) is 52.8 cm³/mol. The Morgan fingerprint density at radius 3 is 2.57 bits per heavy atom. The van der Waals surface area contributed by atoms with Crippen molar-refractivity contribution >= 4 is 11.6 Å². The van der Waals surface area contributed by atoms with Crippen LogP contribution in [-0.4, -0.2) is 0 Å². The summed E-state index contributed by atoms with van der Waals surface area (Å²) in [6.45, 7) is 0. The van der Waals surface area contributed by atoms with Crippen molar-refractivity contribution in [2.75, 3.05) is 0 Å². The van der Waals surface area contributed by atoms with Crippen LogP contribution in [0.3, 0.4) is 0 Å². The van der Waals surface area contributed by atoms with Gasteiger partial charge < -0.3 is 0 Å². The summed E-state index contributed by atoms with van der Waals surface area (Å²) in [4.78, 5) is 0. The number of halogens is 2. The van der Waals surface area contributed by atoms with Crippen molar-refractivity contribution < 1.29 is 4.39 Å². The Balaban J connectivity index is 2.68. The number of hydrogen-bond acceptors (Lipinski definition) is 1. The van der Waals surface area contributed by atoms with E-state index in [9.17, 15) is 4.39 Å². The van der Waals surface area contributed by atoms with Crippen LogP contribution in [0.15, 0.2) is 6.07 Å². The number of fused-ring (bicyclic) bond motifs is 1. The molecule has 0 aliphatic heterocycles. The maximum absolute atomic E-state index is 13.3. The standard InChI is InChI=1S/C11H9ClFN/c12-11-9-4-2-1-3-8(9)7(6-14)5-10(11)13/h5H,1-4H2. The molecule has 1 nitrogen and oxygen atoms in total. The molecule has 0 heterocycles. The first kappa shape index (κ1) is 9.48. The summed E-state index contributed by atoms with van der Waals surface area (Å²) >= 11 is 5.86. The van der Waals surface area contributed by atoms with Crippen LogP contribution in [0.5, 0.6) is 0 Å². The molecule has 0 N–H and O–H groups in total. The van der Waals surface area contributed by atoms with E-state index in [0.29, 0.717) is 5.56 Å². The summed E-state index contributed by atoms with van der Waals surface area (Å²) in [7, 11) is 0. The summed E-state index contributed by atoms with van der Waals surface area (Å²) in [6.07, 6.45) is 3.73. The Kier molecular flexibility index (Phi) is 2.43. The Morgan fingerprint density at radius 1 is 1.29 bits per heavy atom. The van der Waals surface area contributed by atoms with Crippen molar-refractivity contribution in [3.63, 3.8) is 0 Å². The molecule has 72 valence electrons. The highest BCUT2D eigenvalue weighted by Gasteiger charge is 2.19. The molecule has 0 amide bonds. The van der Waals surface area contributed by atoms with E-state index in [4.69, 9.17) is 16.9 Å². The monoisotopic (exact) mass is 209 g/mol. The van der Waals surface area contributed by atoms with Gasteiger partial charge in [-0.05, 0) is 42.9 Å². The quantitative estimate of drug-likeness (QED) is 0.644. The van der Waals surface area contributed by atoms with Gasteiger partial charge in [0.15, 0.2) is 0 Å². The van der Waals surface area contributed by atoms with E-state index in [1.54, 1.807) is 0 Å². The van der Waals surface area contributed by atoms with Crippen molar-refractivity contribution in [2.45, 2.75) is 25.7 Å². The average Bonchev–Trinajstić information content (AvgIpc) is 2.23. The molecule has 1 aromatic rings. The molecular weight excluding hydrogens is 201 g/mol. The van der Waals surface area contributed by atoms with Crippen LogP contribution in [0.1, 0.15) is 29.5 Å². The van der Waals surface area contributed by atoms with Crippen LogP contribution in [0.25, 0.3) is 0 Å². The highest BCUT2D eigenvalue weighted by atomic mass is 35.5. The molecule has 0 bridgehead atoms.